The summed E-state index contributed by atoms with van der Waals surface area (Å²) in [7, 11) is 0. The summed E-state index contributed by atoms with van der Waals surface area (Å²) in [6, 6.07) is 17.7. The first kappa shape index (κ1) is 15.6. The normalized spacial score (nSPS) is 11.0. The van der Waals surface area contributed by atoms with Crippen molar-refractivity contribution >= 4 is 28.8 Å². The van der Waals surface area contributed by atoms with Gasteiger partial charge in [-0.05, 0) is 35.9 Å². The third-order valence-electron chi connectivity index (χ3n) is 3.83. The Hall–Kier alpha value is -2.92. The van der Waals surface area contributed by atoms with Crippen molar-refractivity contribution in [3.8, 4) is 0 Å². The molecule has 0 saturated heterocycles. The molecule has 124 valence electrons. The van der Waals surface area contributed by atoms with Crippen LogP contribution in [0.1, 0.15) is 11.3 Å². The molecule has 0 aliphatic rings. The van der Waals surface area contributed by atoms with Gasteiger partial charge in [0.05, 0.1) is 11.9 Å². The predicted octanol–water partition coefficient (Wildman–Crippen LogP) is 4.86. The van der Waals surface area contributed by atoms with E-state index in [-0.39, 0.29) is 5.82 Å². The van der Waals surface area contributed by atoms with Crippen LogP contribution < -0.4 is 5.32 Å². The van der Waals surface area contributed by atoms with Crippen molar-refractivity contribution in [1.29, 1.82) is 0 Å². The maximum Gasteiger partial charge on any atom is 0.157 e. The Morgan fingerprint density at radius 3 is 2.68 bits per heavy atom. The quantitative estimate of drug-likeness (QED) is 0.570. The first-order chi connectivity index (χ1) is 12.2. The number of hydrogen-bond donors (Lipinski definition) is 1. The molecule has 0 fully saturated rings. The van der Waals surface area contributed by atoms with E-state index in [1.54, 1.807) is 22.8 Å². The molecule has 4 aromatic rings. The van der Waals surface area contributed by atoms with Crippen molar-refractivity contribution in [3.05, 3.63) is 89.0 Å². The average molecular weight is 353 g/mol. The average Bonchev–Trinajstić information content (AvgIpc) is 3.06. The Labute approximate surface area is 148 Å². The minimum Gasteiger partial charge on any atom is -0.340 e. The maximum atomic E-state index is 13.1. The summed E-state index contributed by atoms with van der Waals surface area (Å²) in [5.41, 5.74) is 3.55. The molecular formula is C19H14ClFN4. The van der Waals surface area contributed by atoms with Crippen LogP contribution in [0.3, 0.4) is 0 Å². The zero-order chi connectivity index (χ0) is 17.2. The van der Waals surface area contributed by atoms with Crippen LogP contribution in [0.15, 0.2) is 66.9 Å². The fraction of sp³-hybridized carbons (Fsp3) is 0.0526. The van der Waals surface area contributed by atoms with Crippen LogP contribution in [0, 0.1) is 5.82 Å². The van der Waals surface area contributed by atoms with Gasteiger partial charge >= 0.3 is 0 Å². The molecule has 0 atom stereocenters. The summed E-state index contributed by atoms with van der Waals surface area (Å²) in [5.74, 6) is 0.457. The van der Waals surface area contributed by atoms with Gasteiger partial charge in [0.25, 0.3) is 0 Å². The summed E-state index contributed by atoms with van der Waals surface area (Å²) in [6.07, 6.45) is 2.32. The van der Waals surface area contributed by atoms with Gasteiger partial charge in [0.1, 0.15) is 11.6 Å². The number of nitrogens with zero attached hydrogens (tertiary/aromatic N) is 3. The van der Waals surface area contributed by atoms with Gasteiger partial charge in [-0.3, -0.25) is 0 Å². The molecular weight excluding hydrogens is 339 g/mol. The van der Waals surface area contributed by atoms with E-state index in [1.165, 1.54) is 12.1 Å². The SMILES string of the molecule is Fc1ccc(Cc2cc(Nc3cccc(Cl)c3)nc3ccnn23)cc1. The Kier molecular flexibility index (Phi) is 4.07. The van der Waals surface area contributed by atoms with Gasteiger partial charge in [-0.1, -0.05) is 29.8 Å². The number of hydrogen-bond acceptors (Lipinski definition) is 3. The molecule has 0 radical (unpaired) electrons. The monoisotopic (exact) mass is 352 g/mol. The first-order valence-electron chi connectivity index (χ1n) is 7.78. The van der Waals surface area contributed by atoms with Crippen LogP contribution in [0.25, 0.3) is 5.65 Å². The highest BCUT2D eigenvalue weighted by molar-refractivity contribution is 6.30. The molecule has 2 heterocycles. The number of aromatic nitrogens is 3. The van der Waals surface area contributed by atoms with Crippen molar-refractivity contribution in [2.45, 2.75) is 6.42 Å². The molecule has 25 heavy (non-hydrogen) atoms. The molecule has 4 nitrogen and oxygen atoms in total. The number of benzene rings is 2. The summed E-state index contributed by atoms with van der Waals surface area (Å²) in [6.45, 7) is 0. The minimum atomic E-state index is -0.244. The molecule has 2 aromatic carbocycles. The molecule has 0 saturated carbocycles. The Balaban J connectivity index is 1.70. The van der Waals surface area contributed by atoms with Crippen molar-refractivity contribution in [2.24, 2.45) is 0 Å². The van der Waals surface area contributed by atoms with E-state index in [4.69, 9.17) is 11.6 Å². The predicted molar refractivity (Wildman–Crippen MR) is 96.9 cm³/mol. The fourth-order valence-electron chi connectivity index (χ4n) is 2.69. The minimum absolute atomic E-state index is 0.244. The Morgan fingerprint density at radius 1 is 1.04 bits per heavy atom. The van der Waals surface area contributed by atoms with E-state index in [0.29, 0.717) is 17.3 Å². The topological polar surface area (TPSA) is 42.2 Å². The van der Waals surface area contributed by atoms with Crippen molar-refractivity contribution < 1.29 is 4.39 Å². The Bertz CT molecular complexity index is 1030. The molecule has 0 aliphatic heterocycles. The molecule has 2 aromatic heterocycles. The molecule has 0 unspecified atom stereocenters. The van der Waals surface area contributed by atoms with Crippen LogP contribution >= 0.6 is 11.6 Å². The summed E-state index contributed by atoms with van der Waals surface area (Å²) in [5, 5.41) is 8.25. The van der Waals surface area contributed by atoms with Gasteiger partial charge in [-0.2, -0.15) is 5.10 Å². The highest BCUT2D eigenvalue weighted by atomic mass is 35.5. The smallest absolute Gasteiger partial charge is 0.157 e. The first-order valence-corrected chi connectivity index (χ1v) is 8.16. The number of rotatable bonds is 4. The van der Waals surface area contributed by atoms with Gasteiger partial charge in [-0.15, -0.1) is 0 Å². The second-order valence-corrected chi connectivity index (χ2v) is 6.11. The number of anilines is 2. The third-order valence-corrected chi connectivity index (χ3v) is 4.06. The molecule has 0 amide bonds. The van der Waals surface area contributed by atoms with E-state index in [1.807, 2.05) is 36.4 Å². The lowest BCUT2D eigenvalue weighted by molar-refractivity contribution is 0.627. The van der Waals surface area contributed by atoms with Crippen molar-refractivity contribution in [2.75, 3.05) is 5.32 Å². The van der Waals surface area contributed by atoms with Gasteiger partial charge < -0.3 is 5.32 Å². The highest BCUT2D eigenvalue weighted by Gasteiger charge is 2.08. The number of nitrogens with one attached hydrogen (secondary N) is 1. The van der Waals surface area contributed by atoms with Crippen LogP contribution in [0.2, 0.25) is 5.02 Å². The Morgan fingerprint density at radius 2 is 1.88 bits per heavy atom. The zero-order valence-electron chi connectivity index (χ0n) is 13.2. The van der Waals surface area contributed by atoms with Crippen LogP contribution in [-0.2, 0) is 6.42 Å². The lowest BCUT2D eigenvalue weighted by Crippen LogP contribution is -2.04. The summed E-state index contributed by atoms with van der Waals surface area (Å²) < 4.78 is 14.9. The highest BCUT2D eigenvalue weighted by Crippen LogP contribution is 2.21. The molecule has 0 bridgehead atoms. The lowest BCUT2D eigenvalue weighted by Gasteiger charge is -2.10. The van der Waals surface area contributed by atoms with Gasteiger partial charge in [0.15, 0.2) is 5.65 Å². The van der Waals surface area contributed by atoms with E-state index >= 15 is 0 Å². The second-order valence-electron chi connectivity index (χ2n) is 5.67. The zero-order valence-corrected chi connectivity index (χ0v) is 13.9. The maximum absolute atomic E-state index is 13.1. The van der Waals surface area contributed by atoms with Gasteiger partial charge in [0, 0.05) is 29.3 Å². The van der Waals surface area contributed by atoms with Gasteiger partial charge in [0.2, 0.25) is 0 Å². The van der Waals surface area contributed by atoms with Crippen LogP contribution in [0.4, 0.5) is 15.9 Å². The van der Waals surface area contributed by atoms with Crippen LogP contribution in [0.5, 0.6) is 0 Å². The number of halogens is 2. The molecule has 0 aliphatic carbocycles. The van der Waals surface area contributed by atoms with E-state index in [2.05, 4.69) is 15.4 Å². The van der Waals surface area contributed by atoms with Crippen molar-refractivity contribution in [1.82, 2.24) is 14.6 Å². The number of fused-ring (bicyclic) bond motifs is 1. The molecule has 4 rings (SSSR count). The third kappa shape index (κ3) is 3.46. The van der Waals surface area contributed by atoms with Gasteiger partial charge in [-0.25, -0.2) is 13.9 Å². The fourth-order valence-corrected chi connectivity index (χ4v) is 2.88. The van der Waals surface area contributed by atoms with Crippen molar-refractivity contribution in [3.63, 3.8) is 0 Å². The molecule has 1 N–H and O–H groups in total. The van der Waals surface area contributed by atoms with E-state index < -0.39 is 0 Å². The van der Waals surface area contributed by atoms with Crippen LogP contribution in [-0.4, -0.2) is 14.6 Å². The van der Waals surface area contributed by atoms with E-state index in [9.17, 15) is 4.39 Å². The lowest BCUT2D eigenvalue weighted by atomic mass is 10.1. The second kappa shape index (κ2) is 6.53. The standard InChI is InChI=1S/C19H14ClFN4/c20-14-2-1-3-16(11-14)23-18-12-17(25-19(24-18)8-9-22-25)10-13-4-6-15(21)7-5-13/h1-9,11-12H,10H2,(H,23,24). The largest absolute Gasteiger partial charge is 0.340 e. The summed E-state index contributed by atoms with van der Waals surface area (Å²) >= 11 is 6.03. The molecule has 6 heteroatoms. The van der Waals surface area contributed by atoms with E-state index in [0.717, 1.165) is 22.6 Å². The summed E-state index contributed by atoms with van der Waals surface area (Å²) in [4.78, 5) is 4.56. The molecule has 0 spiro atoms.